The van der Waals surface area contributed by atoms with Crippen LogP contribution in [-0.2, 0) is 11.2 Å². The molecule has 2 aromatic heterocycles. The average Bonchev–Trinajstić information content (AvgIpc) is 3.00. The molecule has 0 bridgehead atoms. The lowest BCUT2D eigenvalue weighted by Gasteiger charge is -2.09. The van der Waals surface area contributed by atoms with Crippen molar-refractivity contribution in [1.29, 1.82) is 0 Å². The number of carbonyl (C=O) groups is 1. The van der Waals surface area contributed by atoms with Crippen molar-refractivity contribution in [3.05, 3.63) is 42.4 Å². The van der Waals surface area contributed by atoms with Crippen LogP contribution in [0.4, 0.5) is 5.82 Å². The second kappa shape index (κ2) is 6.78. The van der Waals surface area contributed by atoms with E-state index in [-0.39, 0.29) is 5.78 Å². The fourth-order valence-corrected chi connectivity index (χ4v) is 2.68. The van der Waals surface area contributed by atoms with Gasteiger partial charge in [0.15, 0.2) is 5.65 Å². The minimum absolute atomic E-state index is 0.262. The highest BCUT2D eigenvalue weighted by Gasteiger charge is 2.12. The van der Waals surface area contributed by atoms with E-state index in [0.717, 1.165) is 23.1 Å². The van der Waals surface area contributed by atoms with Crippen LogP contribution in [0.3, 0.4) is 0 Å². The Morgan fingerprint density at radius 3 is 2.96 bits per heavy atom. The zero-order chi connectivity index (χ0) is 17.1. The molecule has 0 aliphatic carbocycles. The molecule has 1 aromatic carbocycles. The number of hydrogen-bond donors (Lipinski definition) is 1. The first kappa shape index (κ1) is 16.1. The Labute approximate surface area is 140 Å². The zero-order valence-electron chi connectivity index (χ0n) is 13.9. The van der Waals surface area contributed by atoms with Crippen LogP contribution in [0.1, 0.15) is 32.3 Å². The summed E-state index contributed by atoms with van der Waals surface area (Å²) in [4.78, 5) is 20.4. The number of nitrogens with zero attached hydrogens (tertiary/aromatic N) is 4. The number of Topliss-reactive ketones (excluding diaryl/α,β-unsaturated/α-hetero) is 1. The van der Waals surface area contributed by atoms with Gasteiger partial charge < -0.3 is 5.73 Å². The second-order valence-corrected chi connectivity index (χ2v) is 6.16. The van der Waals surface area contributed by atoms with Crippen LogP contribution in [-0.4, -0.2) is 25.5 Å². The molecule has 3 rings (SSSR count). The summed E-state index contributed by atoms with van der Waals surface area (Å²) in [6.45, 7) is 4.21. The Balaban J connectivity index is 1.87. The standard InChI is InChI=1S/C18H21N5O/c1-3-12(2)7-15(24)9-13-5-4-6-14(8-13)23-18-16(10-22-23)17(19)20-11-21-18/h4-6,8,10-12H,3,7,9H2,1-2H3,(H2,19,20,21). The summed E-state index contributed by atoms with van der Waals surface area (Å²) in [5.74, 6) is 1.10. The monoisotopic (exact) mass is 323 g/mol. The summed E-state index contributed by atoms with van der Waals surface area (Å²) in [5.41, 5.74) is 8.35. The topological polar surface area (TPSA) is 86.7 Å². The highest BCUT2D eigenvalue weighted by molar-refractivity contribution is 5.86. The normalized spacial score (nSPS) is 12.4. The van der Waals surface area contributed by atoms with E-state index in [0.29, 0.717) is 30.2 Å². The Bertz CT molecular complexity index is 871. The molecular weight excluding hydrogens is 302 g/mol. The first-order chi connectivity index (χ1) is 11.6. The number of fused-ring (bicyclic) bond motifs is 1. The molecule has 0 fully saturated rings. The Morgan fingerprint density at radius 1 is 1.33 bits per heavy atom. The lowest BCUT2D eigenvalue weighted by molar-refractivity contribution is -0.119. The maximum absolute atomic E-state index is 12.2. The van der Waals surface area contributed by atoms with E-state index in [9.17, 15) is 4.79 Å². The molecule has 6 heteroatoms. The molecule has 0 amide bonds. The lowest BCUT2D eigenvalue weighted by Crippen LogP contribution is -2.08. The van der Waals surface area contributed by atoms with Crippen LogP contribution >= 0.6 is 0 Å². The van der Waals surface area contributed by atoms with Crippen molar-refractivity contribution < 1.29 is 4.79 Å². The average molecular weight is 323 g/mol. The Morgan fingerprint density at radius 2 is 2.17 bits per heavy atom. The first-order valence-corrected chi connectivity index (χ1v) is 8.13. The third kappa shape index (κ3) is 3.27. The minimum Gasteiger partial charge on any atom is -0.383 e. The van der Waals surface area contributed by atoms with Crippen LogP contribution < -0.4 is 5.73 Å². The van der Waals surface area contributed by atoms with Gasteiger partial charge in [0.1, 0.15) is 17.9 Å². The third-order valence-corrected chi connectivity index (χ3v) is 4.23. The molecule has 0 aliphatic rings. The SMILES string of the molecule is CCC(C)CC(=O)Cc1cccc(-n2ncc3c(N)ncnc32)c1. The molecule has 2 N–H and O–H groups in total. The predicted molar refractivity (Wildman–Crippen MR) is 93.9 cm³/mol. The summed E-state index contributed by atoms with van der Waals surface area (Å²) in [6, 6.07) is 7.80. The van der Waals surface area contributed by atoms with Crippen molar-refractivity contribution in [3.8, 4) is 5.69 Å². The van der Waals surface area contributed by atoms with Crippen molar-refractivity contribution in [2.45, 2.75) is 33.1 Å². The summed E-state index contributed by atoms with van der Waals surface area (Å²) in [6.07, 6.45) is 5.16. The number of benzene rings is 1. The lowest BCUT2D eigenvalue weighted by atomic mass is 9.98. The summed E-state index contributed by atoms with van der Waals surface area (Å²) >= 11 is 0. The number of nitrogens with two attached hydrogens (primary N) is 1. The van der Waals surface area contributed by atoms with Gasteiger partial charge in [-0.15, -0.1) is 0 Å². The molecule has 1 atom stereocenters. The van der Waals surface area contributed by atoms with E-state index in [1.54, 1.807) is 10.9 Å². The summed E-state index contributed by atoms with van der Waals surface area (Å²) in [5, 5.41) is 5.08. The maximum atomic E-state index is 12.2. The van der Waals surface area contributed by atoms with Crippen molar-refractivity contribution >= 4 is 22.6 Å². The molecule has 24 heavy (non-hydrogen) atoms. The number of nitrogen functional groups attached to an aromatic ring is 1. The highest BCUT2D eigenvalue weighted by Crippen LogP contribution is 2.20. The van der Waals surface area contributed by atoms with E-state index in [2.05, 4.69) is 28.9 Å². The Kier molecular flexibility index (Phi) is 4.55. The number of anilines is 1. The molecular formula is C18H21N5O. The summed E-state index contributed by atoms with van der Waals surface area (Å²) < 4.78 is 1.72. The van der Waals surface area contributed by atoms with Gasteiger partial charge in [-0.25, -0.2) is 14.6 Å². The van der Waals surface area contributed by atoms with E-state index >= 15 is 0 Å². The number of hydrogen-bond acceptors (Lipinski definition) is 5. The van der Waals surface area contributed by atoms with Crippen LogP contribution in [0.5, 0.6) is 0 Å². The van der Waals surface area contributed by atoms with Crippen LogP contribution in [0.15, 0.2) is 36.8 Å². The van der Waals surface area contributed by atoms with E-state index < -0.39 is 0 Å². The number of ketones is 1. The summed E-state index contributed by atoms with van der Waals surface area (Å²) in [7, 11) is 0. The van der Waals surface area contributed by atoms with Gasteiger partial charge in [0.25, 0.3) is 0 Å². The van der Waals surface area contributed by atoms with Gasteiger partial charge in [-0.1, -0.05) is 32.4 Å². The molecule has 0 saturated carbocycles. The van der Waals surface area contributed by atoms with Gasteiger partial charge in [0, 0.05) is 12.8 Å². The van der Waals surface area contributed by atoms with Gasteiger partial charge in [-0.2, -0.15) is 5.10 Å². The number of rotatable bonds is 6. The van der Waals surface area contributed by atoms with Gasteiger partial charge in [0.2, 0.25) is 0 Å². The van der Waals surface area contributed by atoms with Crippen LogP contribution in [0.2, 0.25) is 0 Å². The van der Waals surface area contributed by atoms with Crippen LogP contribution in [0, 0.1) is 5.92 Å². The zero-order valence-corrected chi connectivity index (χ0v) is 13.9. The number of aromatic nitrogens is 4. The third-order valence-electron chi connectivity index (χ3n) is 4.23. The van der Waals surface area contributed by atoms with Crippen molar-refractivity contribution in [1.82, 2.24) is 19.7 Å². The molecule has 0 saturated heterocycles. The minimum atomic E-state index is 0.262. The number of carbonyl (C=O) groups excluding carboxylic acids is 1. The fraction of sp³-hybridized carbons (Fsp3) is 0.333. The van der Waals surface area contributed by atoms with E-state index in [4.69, 9.17) is 5.73 Å². The predicted octanol–water partition coefficient (Wildman–Crippen LogP) is 2.95. The molecule has 0 spiro atoms. The van der Waals surface area contributed by atoms with Gasteiger partial charge in [-0.05, 0) is 23.6 Å². The molecule has 2 heterocycles. The van der Waals surface area contributed by atoms with E-state index in [1.165, 1.54) is 6.33 Å². The molecule has 124 valence electrons. The van der Waals surface area contributed by atoms with Gasteiger partial charge in [-0.3, -0.25) is 4.79 Å². The van der Waals surface area contributed by atoms with E-state index in [1.807, 2.05) is 24.3 Å². The largest absolute Gasteiger partial charge is 0.383 e. The van der Waals surface area contributed by atoms with Crippen molar-refractivity contribution in [2.75, 3.05) is 5.73 Å². The smallest absolute Gasteiger partial charge is 0.168 e. The molecule has 6 nitrogen and oxygen atoms in total. The molecule has 0 radical (unpaired) electrons. The molecule has 3 aromatic rings. The van der Waals surface area contributed by atoms with Crippen LogP contribution in [0.25, 0.3) is 16.7 Å². The first-order valence-electron chi connectivity index (χ1n) is 8.13. The second-order valence-electron chi connectivity index (χ2n) is 6.16. The highest BCUT2D eigenvalue weighted by atomic mass is 16.1. The van der Waals surface area contributed by atoms with Gasteiger partial charge >= 0.3 is 0 Å². The quantitative estimate of drug-likeness (QED) is 0.753. The van der Waals surface area contributed by atoms with Gasteiger partial charge in [0.05, 0.1) is 17.3 Å². The van der Waals surface area contributed by atoms with Crippen molar-refractivity contribution in [3.63, 3.8) is 0 Å². The molecule has 1 unspecified atom stereocenters. The van der Waals surface area contributed by atoms with Crippen molar-refractivity contribution in [2.24, 2.45) is 5.92 Å². The maximum Gasteiger partial charge on any atom is 0.168 e. The molecule has 0 aliphatic heterocycles. The Hall–Kier alpha value is -2.76. The fourth-order valence-electron chi connectivity index (χ4n) is 2.68.